The predicted octanol–water partition coefficient (Wildman–Crippen LogP) is 2.98. The molecule has 0 aromatic rings. The minimum Gasteiger partial charge on any atom is -0.451 e. The molecule has 0 aromatic carbocycles. The van der Waals surface area contributed by atoms with Gasteiger partial charge < -0.3 is 35.7 Å². The van der Waals surface area contributed by atoms with Gasteiger partial charge in [0.05, 0.1) is 39.6 Å². The van der Waals surface area contributed by atoms with Crippen molar-refractivity contribution >= 4 is 29.7 Å². The van der Waals surface area contributed by atoms with Gasteiger partial charge in [0, 0.05) is 25.6 Å². The minimum atomic E-state index is -1.14. The molecule has 0 aliphatic rings. The molecule has 0 saturated heterocycles. The zero-order valence-corrected chi connectivity index (χ0v) is 24.1. The van der Waals surface area contributed by atoms with E-state index in [-0.39, 0.29) is 17.2 Å². The molecular weight excluding hydrogens is 560 g/mol. The topological polar surface area (TPSA) is 160 Å². The number of aliphatic imine (C=N–C) groups is 1. The molecule has 0 spiro atoms. The number of nitrogens with zero attached hydrogens (tertiary/aromatic N) is 1. The van der Waals surface area contributed by atoms with Crippen LogP contribution in [0.4, 0.5) is 8.78 Å². The fourth-order valence-corrected chi connectivity index (χ4v) is 2.81. The number of carbonyl (C=O) groups is 2. The van der Waals surface area contributed by atoms with E-state index >= 15 is 0 Å². The summed E-state index contributed by atoms with van der Waals surface area (Å²) in [5.74, 6) is -4.09. The third-order valence-corrected chi connectivity index (χ3v) is 4.91. The van der Waals surface area contributed by atoms with Crippen LogP contribution < -0.4 is 21.5 Å². The Labute approximate surface area is 243 Å². The predicted molar refractivity (Wildman–Crippen MR) is 157 cm³/mol. The standard InChI is InChI=1S/C27H39F2N5O6S/c1-5-23(40-25(21(3)28)24(29)10-6-8-20(2)26(36)34-27(30)31)9-7-19-41-33-12-14-38-16-18-39-17-15-37-13-11-32-22(4)35/h5-10,19,33H,1,3,11-18H2,2,4H3,(H,32,35)(H4,30,31,34,36)/b10-6+,19-7+,20-8+,23-9+,25-24-. The third-order valence-electron chi connectivity index (χ3n) is 4.24. The van der Waals surface area contributed by atoms with Gasteiger partial charge in [-0.2, -0.15) is 4.99 Å². The zero-order valence-electron chi connectivity index (χ0n) is 23.3. The highest BCUT2D eigenvalue weighted by Crippen LogP contribution is 2.22. The largest absolute Gasteiger partial charge is 0.451 e. The lowest BCUT2D eigenvalue weighted by Crippen LogP contribution is -2.25. The maximum absolute atomic E-state index is 14.5. The van der Waals surface area contributed by atoms with Crippen molar-refractivity contribution in [3.63, 3.8) is 0 Å². The maximum atomic E-state index is 14.5. The monoisotopic (exact) mass is 599 g/mol. The Morgan fingerprint density at radius 3 is 2.12 bits per heavy atom. The molecule has 6 N–H and O–H groups in total. The van der Waals surface area contributed by atoms with Crippen molar-refractivity contribution in [3.05, 3.63) is 83.8 Å². The second-order valence-electron chi connectivity index (χ2n) is 7.67. The number of nitrogens with one attached hydrogen (secondary N) is 2. The van der Waals surface area contributed by atoms with Gasteiger partial charge in [-0.25, -0.2) is 8.78 Å². The van der Waals surface area contributed by atoms with Crippen LogP contribution in [-0.2, 0) is 28.5 Å². The van der Waals surface area contributed by atoms with Crippen LogP contribution in [0, 0.1) is 0 Å². The van der Waals surface area contributed by atoms with Crippen molar-refractivity contribution in [1.29, 1.82) is 0 Å². The Kier molecular flexibility index (Phi) is 22.1. The molecule has 0 aliphatic carbocycles. The Morgan fingerprint density at radius 2 is 1.56 bits per heavy atom. The molecule has 14 heteroatoms. The van der Waals surface area contributed by atoms with Crippen molar-refractivity contribution in [2.24, 2.45) is 16.5 Å². The number of allylic oxidation sites excluding steroid dienone is 8. The maximum Gasteiger partial charge on any atom is 0.275 e. The summed E-state index contributed by atoms with van der Waals surface area (Å²) in [6.07, 6.45) is 7.63. The van der Waals surface area contributed by atoms with E-state index in [0.29, 0.717) is 52.7 Å². The van der Waals surface area contributed by atoms with Crippen molar-refractivity contribution in [3.8, 4) is 0 Å². The first-order valence-corrected chi connectivity index (χ1v) is 13.2. The van der Waals surface area contributed by atoms with Crippen LogP contribution in [0.3, 0.4) is 0 Å². The fourth-order valence-electron chi connectivity index (χ4n) is 2.36. The van der Waals surface area contributed by atoms with E-state index in [1.165, 1.54) is 50.1 Å². The van der Waals surface area contributed by atoms with Crippen molar-refractivity contribution in [2.75, 3.05) is 52.7 Å². The summed E-state index contributed by atoms with van der Waals surface area (Å²) in [6.45, 7) is 13.2. The van der Waals surface area contributed by atoms with E-state index in [0.717, 1.165) is 6.08 Å². The Morgan fingerprint density at radius 1 is 0.951 bits per heavy atom. The lowest BCUT2D eigenvalue weighted by Gasteiger charge is -2.08. The lowest BCUT2D eigenvalue weighted by atomic mass is 10.2. The fraction of sp³-hybridized carbons (Fsp3) is 0.370. The van der Waals surface area contributed by atoms with Crippen LogP contribution in [0.5, 0.6) is 0 Å². The van der Waals surface area contributed by atoms with Gasteiger partial charge in [0.25, 0.3) is 5.91 Å². The highest BCUT2D eigenvalue weighted by molar-refractivity contribution is 8.00. The van der Waals surface area contributed by atoms with Gasteiger partial charge in [-0.05, 0) is 30.6 Å². The molecule has 11 nitrogen and oxygen atoms in total. The van der Waals surface area contributed by atoms with Gasteiger partial charge in [0.15, 0.2) is 23.4 Å². The van der Waals surface area contributed by atoms with Crippen molar-refractivity contribution in [1.82, 2.24) is 10.0 Å². The minimum absolute atomic E-state index is 0.0651. The Balaban J connectivity index is 4.39. The molecule has 0 radical (unpaired) electrons. The second kappa shape index (κ2) is 24.3. The number of halogens is 2. The van der Waals surface area contributed by atoms with E-state index < -0.39 is 29.3 Å². The molecular formula is C27H39F2N5O6S. The molecule has 0 aromatic heterocycles. The molecule has 0 unspecified atom stereocenters. The molecule has 0 atom stereocenters. The Bertz CT molecular complexity index is 1040. The third kappa shape index (κ3) is 21.9. The molecule has 0 aliphatic heterocycles. The van der Waals surface area contributed by atoms with Gasteiger partial charge in [0.2, 0.25) is 5.91 Å². The first-order chi connectivity index (χ1) is 19.6. The quantitative estimate of drug-likeness (QED) is 0.0277. The van der Waals surface area contributed by atoms with E-state index in [1.54, 1.807) is 11.5 Å². The summed E-state index contributed by atoms with van der Waals surface area (Å²) in [4.78, 5) is 25.7. The number of nitrogens with two attached hydrogens (primary N) is 2. The highest BCUT2D eigenvalue weighted by atomic mass is 32.2. The van der Waals surface area contributed by atoms with E-state index in [2.05, 4.69) is 28.2 Å². The molecule has 0 heterocycles. The number of hydrogen-bond acceptors (Lipinski definition) is 8. The number of guanidine groups is 1. The average Bonchev–Trinajstić information content (AvgIpc) is 2.91. The molecule has 0 fully saturated rings. The number of hydrogen-bond donors (Lipinski definition) is 4. The van der Waals surface area contributed by atoms with Gasteiger partial charge in [-0.3, -0.25) is 14.3 Å². The summed E-state index contributed by atoms with van der Waals surface area (Å²) in [5.41, 5.74) is 10.4. The first-order valence-electron chi connectivity index (χ1n) is 12.3. The average molecular weight is 600 g/mol. The van der Waals surface area contributed by atoms with Crippen molar-refractivity contribution in [2.45, 2.75) is 13.8 Å². The number of carbonyl (C=O) groups excluding carboxylic acids is 2. The molecule has 0 rings (SSSR count). The molecule has 2 amide bonds. The summed E-state index contributed by atoms with van der Waals surface area (Å²) in [7, 11) is 0. The number of amides is 2. The second-order valence-corrected chi connectivity index (χ2v) is 8.47. The number of rotatable bonds is 22. The highest BCUT2D eigenvalue weighted by Gasteiger charge is 2.12. The molecule has 41 heavy (non-hydrogen) atoms. The first kappa shape index (κ1) is 37.4. The van der Waals surface area contributed by atoms with E-state index in [4.69, 9.17) is 30.4 Å². The van der Waals surface area contributed by atoms with E-state index in [9.17, 15) is 18.4 Å². The summed E-state index contributed by atoms with van der Waals surface area (Å²) in [5, 5.41) is 4.32. The normalized spacial score (nSPS) is 12.8. The van der Waals surface area contributed by atoms with Crippen LogP contribution in [0.15, 0.2) is 88.8 Å². The summed E-state index contributed by atoms with van der Waals surface area (Å²) < 4.78 is 52.7. The van der Waals surface area contributed by atoms with Crippen LogP contribution in [0.1, 0.15) is 13.8 Å². The summed E-state index contributed by atoms with van der Waals surface area (Å²) in [6, 6.07) is 0. The summed E-state index contributed by atoms with van der Waals surface area (Å²) >= 11 is 1.27. The van der Waals surface area contributed by atoms with Gasteiger partial charge in [-0.1, -0.05) is 43.3 Å². The van der Waals surface area contributed by atoms with Gasteiger partial charge >= 0.3 is 0 Å². The van der Waals surface area contributed by atoms with Crippen LogP contribution >= 0.6 is 11.9 Å². The smallest absolute Gasteiger partial charge is 0.275 e. The van der Waals surface area contributed by atoms with Crippen LogP contribution in [-0.4, -0.2) is 70.5 Å². The SMILES string of the molecule is C=C/C(=C\C=C\SNCCOCCOCCOCCNC(C)=O)O/C(C(=C)F)=C(F)/C=C/C=C(\C)C(=O)N=C(N)N. The molecule has 0 saturated carbocycles. The van der Waals surface area contributed by atoms with Gasteiger partial charge in [-0.15, -0.1) is 0 Å². The van der Waals surface area contributed by atoms with Crippen molar-refractivity contribution < 1.29 is 37.3 Å². The van der Waals surface area contributed by atoms with Gasteiger partial charge in [0.1, 0.15) is 5.76 Å². The zero-order chi connectivity index (χ0) is 30.9. The number of ether oxygens (including phenoxy) is 4. The van der Waals surface area contributed by atoms with Crippen LogP contribution in [0.2, 0.25) is 0 Å². The lowest BCUT2D eigenvalue weighted by molar-refractivity contribution is -0.119. The molecule has 0 bridgehead atoms. The molecule has 228 valence electrons. The van der Waals surface area contributed by atoms with E-state index in [1.807, 2.05) is 0 Å². The van der Waals surface area contributed by atoms with Crippen LogP contribution in [0.25, 0.3) is 0 Å². The Hall–Kier alpha value is -3.56.